The minimum absolute atomic E-state index is 0.108. The van der Waals surface area contributed by atoms with Gasteiger partial charge in [0.2, 0.25) is 10.0 Å². The standard InChI is InChI=1S/C13H13N3O4S/c1-20-11-5-4-10(7-12(11)21(14,18)19)16-13(17)9-3-2-6-15-8-9/h2-8H,1H3,(H,16,17)(H2,14,18,19). The average molecular weight is 307 g/mol. The lowest BCUT2D eigenvalue weighted by molar-refractivity contribution is 0.102. The Bertz CT molecular complexity index is 760. The molecule has 0 spiro atoms. The second kappa shape index (κ2) is 5.90. The molecule has 1 aromatic heterocycles. The summed E-state index contributed by atoms with van der Waals surface area (Å²) in [6.07, 6.45) is 2.95. The Hall–Kier alpha value is -2.45. The van der Waals surface area contributed by atoms with Gasteiger partial charge in [-0.1, -0.05) is 0 Å². The number of aromatic nitrogens is 1. The number of primary sulfonamides is 1. The van der Waals surface area contributed by atoms with Crippen molar-refractivity contribution in [2.45, 2.75) is 4.90 Å². The van der Waals surface area contributed by atoms with Crippen molar-refractivity contribution in [3.05, 3.63) is 48.3 Å². The number of rotatable bonds is 4. The van der Waals surface area contributed by atoms with E-state index in [1.54, 1.807) is 18.3 Å². The first-order valence-electron chi connectivity index (χ1n) is 5.84. The van der Waals surface area contributed by atoms with Crippen molar-refractivity contribution in [1.82, 2.24) is 4.98 Å². The molecule has 1 amide bonds. The second-order valence-electron chi connectivity index (χ2n) is 4.11. The van der Waals surface area contributed by atoms with Crippen molar-refractivity contribution in [3.63, 3.8) is 0 Å². The number of nitrogens with two attached hydrogens (primary N) is 1. The predicted molar refractivity (Wildman–Crippen MR) is 76.6 cm³/mol. The van der Waals surface area contributed by atoms with Crippen LogP contribution in [0.5, 0.6) is 5.75 Å². The van der Waals surface area contributed by atoms with Crippen molar-refractivity contribution in [3.8, 4) is 5.75 Å². The molecule has 0 fully saturated rings. The Labute approximate surface area is 121 Å². The van der Waals surface area contributed by atoms with Gasteiger partial charge in [-0.25, -0.2) is 13.6 Å². The molecule has 110 valence electrons. The molecule has 3 N–H and O–H groups in total. The monoisotopic (exact) mass is 307 g/mol. The molecule has 0 radical (unpaired) electrons. The molecule has 2 rings (SSSR count). The summed E-state index contributed by atoms with van der Waals surface area (Å²) in [6, 6.07) is 7.38. The van der Waals surface area contributed by atoms with Crippen LogP contribution in [-0.4, -0.2) is 26.4 Å². The minimum Gasteiger partial charge on any atom is -0.495 e. The van der Waals surface area contributed by atoms with Crippen LogP contribution >= 0.6 is 0 Å². The number of nitrogens with zero attached hydrogens (tertiary/aromatic N) is 1. The number of hydrogen-bond acceptors (Lipinski definition) is 5. The number of carbonyl (C=O) groups excluding carboxylic acids is 1. The number of benzene rings is 1. The summed E-state index contributed by atoms with van der Waals surface area (Å²) in [7, 11) is -2.63. The molecule has 0 unspecified atom stereocenters. The zero-order valence-electron chi connectivity index (χ0n) is 11.1. The maximum absolute atomic E-state index is 12.0. The van der Waals surface area contributed by atoms with E-state index in [9.17, 15) is 13.2 Å². The third-order valence-electron chi connectivity index (χ3n) is 2.65. The maximum Gasteiger partial charge on any atom is 0.257 e. The molecule has 7 nitrogen and oxygen atoms in total. The van der Waals surface area contributed by atoms with Gasteiger partial charge in [0.05, 0.1) is 12.7 Å². The summed E-state index contributed by atoms with van der Waals surface area (Å²) < 4.78 is 27.9. The lowest BCUT2D eigenvalue weighted by Crippen LogP contribution is -2.16. The van der Waals surface area contributed by atoms with Crippen LogP contribution in [0, 0.1) is 0 Å². The van der Waals surface area contributed by atoms with E-state index in [1.807, 2.05) is 0 Å². The molecule has 2 aromatic rings. The molecule has 0 aliphatic carbocycles. The Morgan fingerprint density at radius 2 is 2.10 bits per heavy atom. The summed E-state index contributed by atoms with van der Waals surface area (Å²) in [5, 5.41) is 7.68. The summed E-state index contributed by atoms with van der Waals surface area (Å²) in [6.45, 7) is 0. The number of methoxy groups -OCH3 is 1. The fraction of sp³-hybridized carbons (Fsp3) is 0.0769. The third-order valence-corrected chi connectivity index (χ3v) is 3.58. The number of anilines is 1. The summed E-state index contributed by atoms with van der Waals surface area (Å²) >= 11 is 0. The summed E-state index contributed by atoms with van der Waals surface area (Å²) in [5.41, 5.74) is 0.638. The van der Waals surface area contributed by atoms with Gasteiger partial charge in [0.25, 0.3) is 5.91 Å². The van der Waals surface area contributed by atoms with E-state index in [0.29, 0.717) is 5.56 Å². The van der Waals surface area contributed by atoms with E-state index < -0.39 is 15.9 Å². The van der Waals surface area contributed by atoms with Crippen LogP contribution in [0.4, 0.5) is 5.69 Å². The Balaban J connectivity index is 2.32. The van der Waals surface area contributed by atoms with E-state index in [2.05, 4.69) is 10.3 Å². The molecule has 0 aliphatic rings. The molecule has 0 atom stereocenters. The van der Waals surface area contributed by atoms with E-state index >= 15 is 0 Å². The van der Waals surface area contributed by atoms with E-state index in [-0.39, 0.29) is 16.3 Å². The normalized spacial score (nSPS) is 11.0. The lowest BCUT2D eigenvalue weighted by atomic mass is 10.2. The van der Waals surface area contributed by atoms with Crippen molar-refractivity contribution in [2.75, 3.05) is 12.4 Å². The van der Waals surface area contributed by atoms with E-state index in [0.717, 1.165) is 0 Å². The third kappa shape index (κ3) is 3.56. The van der Waals surface area contributed by atoms with Gasteiger partial charge in [-0.3, -0.25) is 9.78 Å². The van der Waals surface area contributed by atoms with Crippen LogP contribution in [0.2, 0.25) is 0 Å². The summed E-state index contributed by atoms with van der Waals surface area (Å²) in [5.74, 6) is -0.300. The molecule has 1 heterocycles. The molecular formula is C13H13N3O4S. The number of carbonyl (C=O) groups is 1. The maximum atomic E-state index is 12.0. The molecule has 1 aromatic carbocycles. The number of ether oxygens (including phenoxy) is 1. The lowest BCUT2D eigenvalue weighted by Gasteiger charge is -2.10. The number of nitrogens with one attached hydrogen (secondary N) is 1. The van der Waals surface area contributed by atoms with Gasteiger partial charge in [-0.2, -0.15) is 0 Å². The predicted octanol–water partition coefficient (Wildman–Crippen LogP) is 0.990. The molecule has 0 saturated carbocycles. The van der Waals surface area contributed by atoms with Gasteiger partial charge >= 0.3 is 0 Å². The van der Waals surface area contributed by atoms with E-state index in [1.165, 1.54) is 31.5 Å². The van der Waals surface area contributed by atoms with Gasteiger partial charge in [0.1, 0.15) is 10.6 Å². The van der Waals surface area contributed by atoms with Crippen molar-refractivity contribution in [2.24, 2.45) is 5.14 Å². The number of sulfonamides is 1. The van der Waals surface area contributed by atoms with Crippen molar-refractivity contribution in [1.29, 1.82) is 0 Å². The Kier molecular flexibility index (Phi) is 4.20. The van der Waals surface area contributed by atoms with Crippen LogP contribution in [-0.2, 0) is 10.0 Å². The number of hydrogen-bond donors (Lipinski definition) is 2. The van der Waals surface area contributed by atoms with Crippen LogP contribution in [0.25, 0.3) is 0 Å². The van der Waals surface area contributed by atoms with Crippen LogP contribution < -0.4 is 15.2 Å². The highest BCUT2D eigenvalue weighted by molar-refractivity contribution is 7.89. The average Bonchev–Trinajstić information content (AvgIpc) is 2.47. The number of pyridine rings is 1. The Morgan fingerprint density at radius 1 is 1.33 bits per heavy atom. The highest BCUT2D eigenvalue weighted by atomic mass is 32.2. The van der Waals surface area contributed by atoms with Gasteiger partial charge in [0.15, 0.2) is 0 Å². The van der Waals surface area contributed by atoms with Gasteiger partial charge in [-0.05, 0) is 30.3 Å². The zero-order chi connectivity index (χ0) is 15.5. The first-order chi connectivity index (χ1) is 9.91. The SMILES string of the molecule is COc1ccc(NC(=O)c2cccnc2)cc1S(N)(=O)=O. The first kappa shape index (κ1) is 14.9. The van der Waals surface area contributed by atoms with Gasteiger partial charge in [-0.15, -0.1) is 0 Å². The minimum atomic E-state index is -3.96. The van der Waals surface area contributed by atoms with Crippen molar-refractivity contribution >= 4 is 21.6 Å². The van der Waals surface area contributed by atoms with Crippen LogP contribution in [0.3, 0.4) is 0 Å². The highest BCUT2D eigenvalue weighted by Gasteiger charge is 2.16. The first-order valence-corrected chi connectivity index (χ1v) is 7.38. The fourth-order valence-electron chi connectivity index (χ4n) is 1.68. The molecule has 0 bridgehead atoms. The molecule has 8 heteroatoms. The molecule has 21 heavy (non-hydrogen) atoms. The molecule has 0 aliphatic heterocycles. The van der Waals surface area contributed by atoms with Gasteiger partial charge in [0, 0.05) is 18.1 Å². The van der Waals surface area contributed by atoms with Crippen molar-refractivity contribution < 1.29 is 17.9 Å². The zero-order valence-corrected chi connectivity index (χ0v) is 11.9. The van der Waals surface area contributed by atoms with Gasteiger partial charge < -0.3 is 10.1 Å². The number of amides is 1. The van der Waals surface area contributed by atoms with E-state index in [4.69, 9.17) is 9.88 Å². The summed E-state index contributed by atoms with van der Waals surface area (Å²) in [4.78, 5) is 15.6. The van der Waals surface area contributed by atoms with Crippen LogP contribution in [0.15, 0.2) is 47.6 Å². The topological polar surface area (TPSA) is 111 Å². The Morgan fingerprint density at radius 3 is 2.67 bits per heavy atom. The van der Waals surface area contributed by atoms with Crippen LogP contribution in [0.1, 0.15) is 10.4 Å². The smallest absolute Gasteiger partial charge is 0.257 e. The molecular weight excluding hydrogens is 294 g/mol. The highest BCUT2D eigenvalue weighted by Crippen LogP contribution is 2.26. The molecule has 0 saturated heterocycles. The fourth-order valence-corrected chi connectivity index (χ4v) is 2.40. The second-order valence-corrected chi connectivity index (χ2v) is 5.64. The quantitative estimate of drug-likeness (QED) is 0.875. The largest absolute Gasteiger partial charge is 0.495 e.